The first-order valence-corrected chi connectivity index (χ1v) is 10.5. The van der Waals surface area contributed by atoms with Crippen LogP contribution in [0.3, 0.4) is 0 Å². The minimum absolute atomic E-state index is 0. The standard InChI is InChI=1S/C24H25N4OS.ClH/c1-17-10-15-22(29-4)21(16-17)25-24-26-28(20-8-6-5-7-9-20)23(30-24)18-11-13-19(14-12-18)27(2)3;/h5-16H,1-4H3,(H,25,26);1H/q+1;/p-1. The Bertz CT molecular complexity index is 1140. The van der Waals surface area contributed by atoms with Gasteiger partial charge in [-0.05, 0) is 64.9 Å². The van der Waals surface area contributed by atoms with Gasteiger partial charge in [0, 0.05) is 37.0 Å². The number of rotatable bonds is 6. The lowest BCUT2D eigenvalue weighted by atomic mass is 10.2. The van der Waals surface area contributed by atoms with Crippen LogP contribution in [-0.2, 0) is 0 Å². The molecule has 4 aromatic rings. The lowest BCUT2D eigenvalue weighted by molar-refractivity contribution is -0.642. The Morgan fingerprint density at radius 3 is 2.32 bits per heavy atom. The van der Waals surface area contributed by atoms with Crippen molar-refractivity contribution in [3.63, 3.8) is 0 Å². The average molecular weight is 453 g/mol. The van der Waals surface area contributed by atoms with Crippen LogP contribution >= 0.6 is 11.3 Å². The zero-order valence-electron chi connectivity index (χ0n) is 18.0. The van der Waals surface area contributed by atoms with E-state index in [1.807, 2.05) is 49.1 Å². The van der Waals surface area contributed by atoms with E-state index in [1.54, 1.807) is 18.4 Å². The number of aromatic nitrogens is 2. The van der Waals surface area contributed by atoms with Gasteiger partial charge in [-0.2, -0.15) is 0 Å². The molecule has 0 atom stereocenters. The molecular formula is C24H25ClN4OS. The predicted molar refractivity (Wildman–Crippen MR) is 124 cm³/mol. The molecule has 0 aliphatic carbocycles. The van der Waals surface area contributed by atoms with Gasteiger partial charge in [0.1, 0.15) is 5.75 Å². The van der Waals surface area contributed by atoms with Gasteiger partial charge in [-0.15, -0.1) is 0 Å². The molecule has 1 N–H and O–H groups in total. The monoisotopic (exact) mass is 452 g/mol. The normalized spacial score (nSPS) is 10.3. The number of benzene rings is 3. The van der Waals surface area contributed by atoms with E-state index in [2.05, 4.69) is 59.6 Å². The average Bonchev–Trinajstić information content (AvgIpc) is 3.18. The van der Waals surface area contributed by atoms with Gasteiger partial charge < -0.3 is 27.4 Å². The first-order chi connectivity index (χ1) is 14.5. The van der Waals surface area contributed by atoms with Crippen molar-refractivity contribution < 1.29 is 21.8 Å². The summed E-state index contributed by atoms with van der Waals surface area (Å²) >= 11 is 1.61. The van der Waals surface area contributed by atoms with Gasteiger partial charge in [0.2, 0.25) is 5.69 Å². The summed E-state index contributed by atoms with van der Waals surface area (Å²) < 4.78 is 7.50. The van der Waals surface area contributed by atoms with Gasteiger partial charge >= 0.3 is 5.01 Å². The molecular weight excluding hydrogens is 428 g/mol. The van der Waals surface area contributed by atoms with Gasteiger partial charge in [-0.3, -0.25) is 0 Å². The second-order valence-electron chi connectivity index (χ2n) is 7.23. The maximum atomic E-state index is 5.52. The molecule has 3 aromatic carbocycles. The van der Waals surface area contributed by atoms with E-state index in [9.17, 15) is 0 Å². The summed E-state index contributed by atoms with van der Waals surface area (Å²) in [7, 11) is 5.77. The van der Waals surface area contributed by atoms with Crippen LogP contribution in [0.2, 0.25) is 0 Å². The van der Waals surface area contributed by atoms with Crippen molar-refractivity contribution in [1.29, 1.82) is 0 Å². The number of ether oxygens (including phenoxy) is 1. The summed E-state index contributed by atoms with van der Waals surface area (Å²) in [5, 5.41) is 10.2. The summed E-state index contributed by atoms with van der Waals surface area (Å²) in [5.74, 6) is 0.791. The highest BCUT2D eigenvalue weighted by atomic mass is 35.5. The third-order valence-corrected chi connectivity index (χ3v) is 5.78. The second kappa shape index (κ2) is 9.81. The summed E-state index contributed by atoms with van der Waals surface area (Å²) in [6.07, 6.45) is 0. The molecule has 0 fully saturated rings. The number of halogens is 1. The zero-order chi connectivity index (χ0) is 21.1. The number of aryl methyl sites for hydroxylation is 1. The molecule has 0 saturated carbocycles. The first-order valence-electron chi connectivity index (χ1n) is 9.73. The third kappa shape index (κ3) is 4.98. The minimum Gasteiger partial charge on any atom is -1.00 e. The van der Waals surface area contributed by atoms with Crippen molar-refractivity contribution in [2.75, 3.05) is 31.4 Å². The fourth-order valence-corrected chi connectivity index (χ4v) is 4.16. The van der Waals surface area contributed by atoms with E-state index >= 15 is 0 Å². The smallest absolute Gasteiger partial charge is 0.304 e. The molecule has 0 aliphatic rings. The van der Waals surface area contributed by atoms with Crippen LogP contribution in [0.5, 0.6) is 5.75 Å². The van der Waals surface area contributed by atoms with Crippen LogP contribution in [-0.4, -0.2) is 26.3 Å². The predicted octanol–water partition coefficient (Wildman–Crippen LogP) is 2.22. The van der Waals surface area contributed by atoms with Crippen LogP contribution in [0.4, 0.5) is 16.5 Å². The van der Waals surface area contributed by atoms with E-state index in [1.165, 1.54) is 0 Å². The summed E-state index contributed by atoms with van der Waals surface area (Å²) in [5.41, 5.74) is 5.36. The minimum atomic E-state index is 0. The Hall–Kier alpha value is -3.09. The van der Waals surface area contributed by atoms with Crippen molar-refractivity contribution in [2.24, 2.45) is 0 Å². The first kappa shape index (κ1) is 22.6. The number of nitrogens with one attached hydrogen (secondary N) is 1. The number of hydrogen-bond donors (Lipinski definition) is 1. The SMILES string of the molecule is COc1ccc(C)cc1Nc1n[n+](-c2ccccc2)c(-c2ccc(N(C)C)cc2)s1.[Cl-]. The third-order valence-electron chi connectivity index (χ3n) is 4.80. The highest BCUT2D eigenvalue weighted by Crippen LogP contribution is 2.33. The maximum Gasteiger partial charge on any atom is 0.304 e. The van der Waals surface area contributed by atoms with E-state index in [0.717, 1.165) is 44.1 Å². The molecule has 0 saturated heterocycles. The van der Waals surface area contributed by atoms with Crippen LogP contribution in [0.15, 0.2) is 72.8 Å². The Labute approximate surface area is 193 Å². The lowest BCUT2D eigenvalue weighted by Crippen LogP contribution is -3.00. The van der Waals surface area contributed by atoms with Crippen LogP contribution in [0, 0.1) is 6.92 Å². The van der Waals surface area contributed by atoms with Crippen molar-refractivity contribution >= 4 is 27.8 Å². The van der Waals surface area contributed by atoms with Crippen molar-refractivity contribution in [3.05, 3.63) is 78.4 Å². The number of nitrogens with zero attached hydrogens (tertiary/aromatic N) is 3. The quantitative estimate of drug-likeness (QED) is 0.455. The molecule has 1 aromatic heterocycles. The van der Waals surface area contributed by atoms with E-state index < -0.39 is 0 Å². The zero-order valence-corrected chi connectivity index (χ0v) is 19.5. The van der Waals surface area contributed by atoms with Gasteiger partial charge in [0.05, 0.1) is 18.4 Å². The van der Waals surface area contributed by atoms with Crippen molar-refractivity contribution in [3.8, 4) is 22.0 Å². The fraction of sp³-hybridized carbons (Fsp3) is 0.167. The molecule has 4 rings (SSSR count). The molecule has 0 spiro atoms. The Balaban J connectivity index is 0.00000272. The Kier molecular flexibility index (Phi) is 7.15. The van der Waals surface area contributed by atoms with Crippen molar-refractivity contribution in [2.45, 2.75) is 6.92 Å². The number of hydrogen-bond acceptors (Lipinski definition) is 5. The van der Waals surface area contributed by atoms with Crippen LogP contribution in [0.1, 0.15) is 5.56 Å². The Morgan fingerprint density at radius 2 is 1.68 bits per heavy atom. The van der Waals surface area contributed by atoms with Gasteiger partial charge in [0.15, 0.2) is 0 Å². The summed E-state index contributed by atoms with van der Waals surface area (Å²) in [6.45, 7) is 2.06. The van der Waals surface area contributed by atoms with Crippen LogP contribution in [0.25, 0.3) is 16.3 Å². The lowest BCUT2D eigenvalue weighted by Gasteiger charge is -2.11. The molecule has 5 nitrogen and oxygen atoms in total. The topological polar surface area (TPSA) is 41.3 Å². The van der Waals surface area contributed by atoms with E-state index in [0.29, 0.717) is 0 Å². The fourth-order valence-electron chi connectivity index (χ4n) is 3.20. The molecule has 31 heavy (non-hydrogen) atoms. The Morgan fingerprint density at radius 1 is 0.968 bits per heavy atom. The van der Waals surface area contributed by atoms with Gasteiger partial charge in [0.25, 0.3) is 5.13 Å². The van der Waals surface area contributed by atoms with Crippen molar-refractivity contribution in [1.82, 2.24) is 5.10 Å². The maximum absolute atomic E-state index is 5.52. The van der Waals surface area contributed by atoms with E-state index in [4.69, 9.17) is 9.84 Å². The van der Waals surface area contributed by atoms with Gasteiger partial charge in [-0.25, -0.2) is 0 Å². The molecule has 1 heterocycles. The van der Waals surface area contributed by atoms with E-state index in [-0.39, 0.29) is 12.4 Å². The second-order valence-corrected chi connectivity index (χ2v) is 8.21. The molecule has 160 valence electrons. The summed E-state index contributed by atoms with van der Waals surface area (Å²) in [6, 6.07) is 24.8. The van der Waals surface area contributed by atoms with Crippen LogP contribution < -0.4 is 32.0 Å². The van der Waals surface area contributed by atoms with Gasteiger partial charge in [-0.1, -0.05) is 24.3 Å². The summed E-state index contributed by atoms with van der Waals surface area (Å²) in [4.78, 5) is 2.10. The number of para-hydroxylation sites is 1. The largest absolute Gasteiger partial charge is 1.00 e. The highest BCUT2D eigenvalue weighted by molar-refractivity contribution is 7.18. The number of anilines is 3. The highest BCUT2D eigenvalue weighted by Gasteiger charge is 2.24. The molecule has 7 heteroatoms. The molecule has 0 unspecified atom stereocenters. The molecule has 0 radical (unpaired) electrons. The molecule has 0 aliphatic heterocycles. The number of methoxy groups -OCH3 is 1. The molecule has 0 bridgehead atoms. The molecule has 0 amide bonds.